The van der Waals surface area contributed by atoms with Crippen molar-refractivity contribution in [3.63, 3.8) is 0 Å². The Morgan fingerprint density at radius 1 is 1.19 bits per heavy atom. The van der Waals surface area contributed by atoms with E-state index >= 15 is 0 Å². The van der Waals surface area contributed by atoms with Crippen LogP contribution in [0.25, 0.3) is 5.76 Å². The fourth-order valence-corrected chi connectivity index (χ4v) is 4.19. The van der Waals surface area contributed by atoms with Gasteiger partial charge < -0.3 is 19.6 Å². The van der Waals surface area contributed by atoms with Gasteiger partial charge in [-0.3, -0.25) is 19.7 Å². The van der Waals surface area contributed by atoms with Crippen molar-refractivity contribution in [3.8, 4) is 5.75 Å². The molecule has 2 aromatic carbocycles. The molecule has 1 saturated heterocycles. The average Bonchev–Trinajstić information content (AvgIpc) is 3.07. The Kier molecular flexibility index (Phi) is 8.47. The molecular formula is C27H33N3O6. The highest BCUT2D eigenvalue weighted by atomic mass is 16.6. The second-order valence-corrected chi connectivity index (χ2v) is 9.69. The summed E-state index contributed by atoms with van der Waals surface area (Å²) in [4.78, 5) is 40.5. The molecule has 36 heavy (non-hydrogen) atoms. The van der Waals surface area contributed by atoms with Crippen molar-refractivity contribution in [2.75, 3.05) is 33.8 Å². The molecule has 9 nitrogen and oxygen atoms in total. The minimum absolute atomic E-state index is 0.0828. The number of aliphatic hydroxyl groups excluding tert-OH is 1. The maximum Gasteiger partial charge on any atom is 0.295 e. The van der Waals surface area contributed by atoms with Gasteiger partial charge >= 0.3 is 0 Å². The van der Waals surface area contributed by atoms with E-state index in [0.717, 1.165) is 5.56 Å². The third-order valence-electron chi connectivity index (χ3n) is 5.96. The van der Waals surface area contributed by atoms with Crippen molar-refractivity contribution in [1.29, 1.82) is 0 Å². The molecule has 9 heteroatoms. The van der Waals surface area contributed by atoms with Crippen molar-refractivity contribution >= 4 is 23.1 Å². The number of hydrogen-bond acceptors (Lipinski definition) is 7. The Morgan fingerprint density at radius 2 is 1.92 bits per heavy atom. The molecule has 1 fully saturated rings. The molecule has 0 bridgehead atoms. The van der Waals surface area contributed by atoms with Gasteiger partial charge in [-0.2, -0.15) is 0 Å². The monoisotopic (exact) mass is 495 g/mol. The Labute approximate surface area is 211 Å². The second kappa shape index (κ2) is 11.3. The van der Waals surface area contributed by atoms with Crippen LogP contribution in [0, 0.1) is 23.0 Å². The van der Waals surface area contributed by atoms with Crippen LogP contribution in [0.4, 0.5) is 5.69 Å². The molecule has 0 unspecified atom stereocenters. The summed E-state index contributed by atoms with van der Waals surface area (Å²) in [5.41, 5.74) is 1.29. The highest BCUT2D eigenvalue weighted by Gasteiger charge is 2.46. The van der Waals surface area contributed by atoms with Crippen molar-refractivity contribution in [1.82, 2.24) is 9.80 Å². The van der Waals surface area contributed by atoms with Crippen molar-refractivity contribution in [3.05, 3.63) is 74.8 Å². The summed E-state index contributed by atoms with van der Waals surface area (Å²) in [5, 5.41) is 22.7. The number of hydrogen-bond donors (Lipinski definition) is 1. The van der Waals surface area contributed by atoms with Crippen molar-refractivity contribution < 1.29 is 24.4 Å². The lowest BCUT2D eigenvalue weighted by molar-refractivity contribution is -0.384. The zero-order valence-corrected chi connectivity index (χ0v) is 21.4. The van der Waals surface area contributed by atoms with Crippen molar-refractivity contribution in [2.24, 2.45) is 5.92 Å². The average molecular weight is 496 g/mol. The van der Waals surface area contributed by atoms with Gasteiger partial charge in [0.05, 0.1) is 23.1 Å². The molecule has 0 saturated carbocycles. The number of amides is 1. The molecule has 0 spiro atoms. The number of aliphatic hydroxyl groups is 1. The molecule has 1 amide bonds. The van der Waals surface area contributed by atoms with Gasteiger partial charge in [-0.25, -0.2) is 0 Å². The zero-order valence-electron chi connectivity index (χ0n) is 21.4. The molecule has 1 heterocycles. The Bertz CT molecular complexity index is 1190. The third kappa shape index (κ3) is 5.91. The van der Waals surface area contributed by atoms with Crippen LogP contribution in [0.5, 0.6) is 5.75 Å². The minimum Gasteiger partial charge on any atom is -0.507 e. The van der Waals surface area contributed by atoms with E-state index in [1.54, 1.807) is 24.3 Å². The van der Waals surface area contributed by atoms with Crippen molar-refractivity contribution in [2.45, 2.75) is 33.2 Å². The van der Waals surface area contributed by atoms with E-state index in [-0.39, 0.29) is 23.6 Å². The maximum atomic E-state index is 13.2. The van der Waals surface area contributed by atoms with Crippen LogP contribution < -0.4 is 4.74 Å². The van der Waals surface area contributed by atoms with Gasteiger partial charge in [0.15, 0.2) is 0 Å². The lowest BCUT2D eigenvalue weighted by Gasteiger charge is -2.26. The second-order valence-electron chi connectivity index (χ2n) is 9.69. The van der Waals surface area contributed by atoms with E-state index in [1.165, 1.54) is 23.1 Å². The molecule has 1 aliphatic heterocycles. The number of ether oxygens (including phenoxy) is 1. The SMILES string of the molecule is Cc1cc(C(O)=C2C(=O)C(=O)N(CCCN(C)C)[C@@H]2c2cccc([N+](=O)[O-])c2)ccc1OCC(C)C. The number of benzene rings is 2. The molecule has 2 aromatic rings. The van der Waals surface area contributed by atoms with Gasteiger partial charge in [-0.15, -0.1) is 0 Å². The van der Waals surface area contributed by atoms with Crippen LogP contribution in [0.2, 0.25) is 0 Å². The summed E-state index contributed by atoms with van der Waals surface area (Å²) in [7, 11) is 3.81. The van der Waals surface area contributed by atoms with Gasteiger partial charge in [0.1, 0.15) is 11.5 Å². The molecule has 192 valence electrons. The molecular weight excluding hydrogens is 462 g/mol. The molecule has 0 radical (unpaired) electrons. The highest BCUT2D eigenvalue weighted by Crippen LogP contribution is 2.40. The van der Waals surface area contributed by atoms with E-state index in [1.807, 2.05) is 39.8 Å². The predicted molar refractivity (Wildman–Crippen MR) is 137 cm³/mol. The van der Waals surface area contributed by atoms with Crippen LogP contribution in [-0.4, -0.2) is 65.3 Å². The quantitative estimate of drug-likeness (QED) is 0.172. The number of nitrogens with zero attached hydrogens (tertiary/aromatic N) is 3. The largest absolute Gasteiger partial charge is 0.507 e. The first-order valence-corrected chi connectivity index (χ1v) is 11.9. The predicted octanol–water partition coefficient (Wildman–Crippen LogP) is 4.31. The third-order valence-corrected chi connectivity index (χ3v) is 5.96. The summed E-state index contributed by atoms with van der Waals surface area (Å²) in [6.45, 7) is 7.40. The maximum absolute atomic E-state index is 13.2. The van der Waals surface area contributed by atoms with E-state index in [2.05, 4.69) is 0 Å². The lowest BCUT2D eigenvalue weighted by atomic mass is 9.94. The number of aryl methyl sites for hydroxylation is 1. The Hall–Kier alpha value is -3.72. The van der Waals surface area contributed by atoms with Gasteiger partial charge in [0.2, 0.25) is 0 Å². The number of non-ortho nitro benzene ring substituents is 1. The number of carbonyl (C=O) groups is 2. The minimum atomic E-state index is -0.941. The van der Waals surface area contributed by atoms with E-state index < -0.39 is 22.7 Å². The number of rotatable bonds is 10. The first-order valence-electron chi connectivity index (χ1n) is 11.9. The summed E-state index contributed by atoms with van der Waals surface area (Å²) in [5.74, 6) is -0.860. The standard InChI is InChI=1S/C27H33N3O6/c1-17(2)16-36-22-11-10-20(14-18(22)3)25(31)23-24(19-8-6-9-21(15-19)30(34)35)29(27(33)26(23)32)13-7-12-28(4)5/h6,8-11,14-15,17,24,31H,7,12-13,16H2,1-5H3/t24-/m1/s1. The smallest absolute Gasteiger partial charge is 0.295 e. The lowest BCUT2D eigenvalue weighted by Crippen LogP contribution is -2.32. The summed E-state index contributed by atoms with van der Waals surface area (Å²) in [6.07, 6.45) is 0.590. The normalized spacial score (nSPS) is 17.3. The molecule has 3 rings (SSSR count). The van der Waals surface area contributed by atoms with Crippen LogP contribution >= 0.6 is 0 Å². The van der Waals surface area contributed by atoms with Gasteiger partial charge in [-0.1, -0.05) is 26.0 Å². The number of carbonyl (C=O) groups excluding carboxylic acids is 2. The van der Waals surface area contributed by atoms with E-state index in [0.29, 0.717) is 42.4 Å². The topological polar surface area (TPSA) is 113 Å². The van der Waals surface area contributed by atoms with E-state index in [4.69, 9.17) is 4.74 Å². The van der Waals surface area contributed by atoms with Gasteiger partial charge in [0.25, 0.3) is 17.4 Å². The first-order chi connectivity index (χ1) is 17.0. The highest BCUT2D eigenvalue weighted by molar-refractivity contribution is 6.46. The number of nitro benzene ring substituents is 1. The van der Waals surface area contributed by atoms with Crippen LogP contribution in [0.15, 0.2) is 48.0 Å². The Balaban J connectivity index is 2.09. The zero-order chi connectivity index (χ0) is 26.6. The fourth-order valence-electron chi connectivity index (χ4n) is 4.19. The fraction of sp³-hybridized carbons (Fsp3) is 0.407. The Morgan fingerprint density at radius 3 is 2.53 bits per heavy atom. The summed E-state index contributed by atoms with van der Waals surface area (Å²) in [6, 6.07) is 9.96. The molecule has 1 aliphatic rings. The van der Waals surface area contributed by atoms with Crippen LogP contribution in [0.3, 0.4) is 0 Å². The number of nitro groups is 1. The van der Waals surface area contributed by atoms with Crippen LogP contribution in [-0.2, 0) is 9.59 Å². The molecule has 0 aliphatic carbocycles. The molecule has 0 aromatic heterocycles. The number of ketones is 1. The van der Waals surface area contributed by atoms with Gasteiger partial charge in [0, 0.05) is 24.2 Å². The summed E-state index contributed by atoms with van der Waals surface area (Å²) < 4.78 is 5.81. The number of Topliss-reactive ketones (excluding diaryl/α,β-unsaturated/α-hetero) is 1. The first kappa shape index (κ1) is 26.9. The summed E-state index contributed by atoms with van der Waals surface area (Å²) >= 11 is 0. The van der Waals surface area contributed by atoms with E-state index in [9.17, 15) is 24.8 Å². The molecule has 1 N–H and O–H groups in total. The van der Waals surface area contributed by atoms with Crippen LogP contribution in [0.1, 0.15) is 43.0 Å². The van der Waals surface area contributed by atoms with Gasteiger partial charge in [-0.05, 0) is 69.2 Å². The number of likely N-dealkylation sites (tertiary alicyclic amines) is 1. The molecule has 1 atom stereocenters.